The molecule has 0 radical (unpaired) electrons. The highest BCUT2D eigenvalue weighted by Gasteiger charge is 2.39. The molecule has 4 heteroatoms. The Morgan fingerprint density at radius 1 is 1.14 bits per heavy atom. The molecule has 0 saturated carbocycles. The zero-order chi connectivity index (χ0) is 27.5. The van der Waals surface area contributed by atoms with E-state index in [1.165, 1.54) is 6.21 Å². The molecule has 1 aromatic rings. The first kappa shape index (κ1) is 29.1. The van der Waals surface area contributed by atoms with Gasteiger partial charge in [-0.2, -0.15) is 5.26 Å². The predicted octanol–water partition coefficient (Wildman–Crippen LogP) is 8.26. The van der Waals surface area contributed by atoms with E-state index >= 15 is 0 Å². The zero-order valence-electron chi connectivity index (χ0n) is 22.5. The molecular weight excluding hydrogens is 452 g/mol. The third-order valence-electron chi connectivity index (χ3n) is 6.31. The molecule has 4 nitrogen and oxygen atoms in total. The summed E-state index contributed by atoms with van der Waals surface area (Å²) in [5, 5.41) is 17.6. The van der Waals surface area contributed by atoms with E-state index in [-0.39, 0.29) is 5.92 Å². The molecule has 0 saturated heterocycles. The molecule has 0 aromatic heterocycles. The molecule has 1 aromatic carbocycles. The number of nitriles is 1. The van der Waals surface area contributed by atoms with Gasteiger partial charge in [-0.1, -0.05) is 100 Å². The normalized spacial score (nSPS) is 16.6. The van der Waals surface area contributed by atoms with Crippen LogP contribution in [0.4, 0.5) is 0 Å². The molecule has 1 unspecified atom stereocenters. The molecule has 0 bridgehead atoms. The summed E-state index contributed by atoms with van der Waals surface area (Å²) in [5.41, 5.74) is 3.14. The Balaban J connectivity index is 2.89. The van der Waals surface area contributed by atoms with Gasteiger partial charge in [0.1, 0.15) is 5.54 Å². The van der Waals surface area contributed by atoms with Crippen LogP contribution >= 0.6 is 0 Å². The van der Waals surface area contributed by atoms with Gasteiger partial charge in [-0.15, -0.1) is 0 Å². The van der Waals surface area contributed by atoms with Crippen LogP contribution in [-0.4, -0.2) is 18.1 Å². The van der Waals surface area contributed by atoms with Gasteiger partial charge in [-0.05, 0) is 55.4 Å². The molecule has 2 rings (SSSR count). The summed E-state index contributed by atoms with van der Waals surface area (Å²) < 4.78 is 0. The number of benzene rings is 1. The number of allylic oxidation sites excluding steroid dienone is 7. The van der Waals surface area contributed by atoms with Crippen molar-refractivity contribution >= 4 is 18.1 Å². The van der Waals surface area contributed by atoms with Crippen LogP contribution in [0.2, 0.25) is 0 Å². The molecule has 1 atom stereocenters. The van der Waals surface area contributed by atoms with Gasteiger partial charge in [-0.3, -0.25) is 9.98 Å². The second-order valence-corrected chi connectivity index (χ2v) is 9.66. The summed E-state index contributed by atoms with van der Waals surface area (Å²) in [6.07, 6.45) is 18.7. The molecule has 0 fully saturated rings. The number of nitrogens with one attached hydrogen (secondary N) is 1. The lowest BCUT2D eigenvalue weighted by Gasteiger charge is -2.36. The summed E-state index contributed by atoms with van der Waals surface area (Å²) in [6, 6.07) is 12.4. The van der Waals surface area contributed by atoms with E-state index in [4.69, 9.17) is 10.4 Å². The summed E-state index contributed by atoms with van der Waals surface area (Å²) in [6.45, 7) is 19.7. The molecule has 1 N–H and O–H groups in total. The van der Waals surface area contributed by atoms with Crippen molar-refractivity contribution in [1.29, 1.82) is 10.7 Å². The van der Waals surface area contributed by atoms with E-state index < -0.39 is 11.0 Å². The highest BCUT2D eigenvalue weighted by molar-refractivity contribution is 6.18. The molecule has 190 valence electrons. The van der Waals surface area contributed by atoms with Crippen LogP contribution in [-0.2, 0) is 5.54 Å². The standard InChI is InChI=1S/C33H38N4/c1-8-16-28(9-2)33(29-17-12-10-13-18-29,30-19-14-11-15-20-30)37-31(25(3)4)27(23-34)21-22-36-26(5)32(6,7)24-35/h8-10,12-14,16-23,25,34H,1-2,5,11,15H2,3-4,6-7H3/b27-21+,28-16?,34-23?,36-22?,37-31?. The van der Waals surface area contributed by atoms with Crippen LogP contribution in [0, 0.1) is 28.1 Å². The van der Waals surface area contributed by atoms with Crippen molar-refractivity contribution in [2.45, 2.75) is 46.1 Å². The van der Waals surface area contributed by atoms with E-state index in [0.717, 1.165) is 35.3 Å². The van der Waals surface area contributed by atoms with E-state index in [9.17, 15) is 5.26 Å². The summed E-state index contributed by atoms with van der Waals surface area (Å²) in [7, 11) is 0. The van der Waals surface area contributed by atoms with Crippen LogP contribution in [0.25, 0.3) is 0 Å². The first-order valence-corrected chi connectivity index (χ1v) is 12.5. The maximum Gasteiger partial charge on any atom is 0.136 e. The van der Waals surface area contributed by atoms with Crippen molar-refractivity contribution in [1.82, 2.24) is 0 Å². The number of aliphatic imine (C=N–C) groups is 2. The van der Waals surface area contributed by atoms with Crippen LogP contribution in [0.5, 0.6) is 0 Å². The van der Waals surface area contributed by atoms with Crippen molar-refractivity contribution in [3.63, 3.8) is 0 Å². The Hall–Kier alpha value is -4.10. The maximum absolute atomic E-state index is 9.37. The van der Waals surface area contributed by atoms with E-state index in [1.54, 1.807) is 32.2 Å². The molecule has 1 aliphatic rings. The molecule has 1 aliphatic carbocycles. The fourth-order valence-electron chi connectivity index (χ4n) is 4.07. The minimum atomic E-state index is -0.876. The van der Waals surface area contributed by atoms with Gasteiger partial charge < -0.3 is 5.41 Å². The second kappa shape index (κ2) is 13.3. The quantitative estimate of drug-likeness (QED) is 0.232. The second-order valence-electron chi connectivity index (χ2n) is 9.66. The lowest BCUT2D eigenvalue weighted by molar-refractivity contribution is 0.593. The van der Waals surface area contributed by atoms with Gasteiger partial charge in [0.25, 0.3) is 0 Å². The van der Waals surface area contributed by atoms with Crippen molar-refractivity contribution < 1.29 is 0 Å². The average molecular weight is 491 g/mol. The number of hydrogen-bond donors (Lipinski definition) is 1. The Morgan fingerprint density at radius 3 is 2.35 bits per heavy atom. The van der Waals surface area contributed by atoms with Crippen molar-refractivity contribution in [3.8, 4) is 6.07 Å². The first-order chi connectivity index (χ1) is 17.7. The Bertz CT molecular complexity index is 1240. The van der Waals surface area contributed by atoms with E-state index in [1.807, 2.05) is 30.4 Å². The minimum absolute atomic E-state index is 0.00561. The van der Waals surface area contributed by atoms with Gasteiger partial charge in [0, 0.05) is 23.7 Å². The number of hydrogen-bond acceptors (Lipinski definition) is 4. The molecule has 0 aliphatic heterocycles. The molecular formula is C33H38N4. The molecule has 0 amide bonds. The lowest BCUT2D eigenvalue weighted by Crippen LogP contribution is -2.32. The molecule has 0 heterocycles. The number of nitrogens with zero attached hydrogens (tertiary/aromatic N) is 3. The van der Waals surface area contributed by atoms with E-state index in [2.05, 4.69) is 75.0 Å². The average Bonchev–Trinajstić information content (AvgIpc) is 2.92. The third kappa shape index (κ3) is 6.77. The Labute approximate surface area is 222 Å². The van der Waals surface area contributed by atoms with Gasteiger partial charge in [-0.25, -0.2) is 0 Å². The first-order valence-electron chi connectivity index (χ1n) is 12.5. The minimum Gasteiger partial charge on any atom is -0.308 e. The topological polar surface area (TPSA) is 72.4 Å². The monoisotopic (exact) mass is 490 g/mol. The summed E-state index contributed by atoms with van der Waals surface area (Å²) in [5.74, 6) is 0.00561. The largest absolute Gasteiger partial charge is 0.308 e. The fourth-order valence-corrected chi connectivity index (χ4v) is 4.07. The van der Waals surface area contributed by atoms with Gasteiger partial charge in [0.15, 0.2) is 0 Å². The summed E-state index contributed by atoms with van der Waals surface area (Å²) in [4.78, 5) is 9.86. The highest BCUT2D eigenvalue weighted by Crippen LogP contribution is 2.44. The zero-order valence-corrected chi connectivity index (χ0v) is 22.5. The van der Waals surface area contributed by atoms with Crippen molar-refractivity contribution in [2.75, 3.05) is 0 Å². The molecule has 37 heavy (non-hydrogen) atoms. The SMILES string of the molecule is C=CC=C(C=C)C(N=C(/C(C=N)=C/C=NC(=C)C(C)(C)C#N)C(C)C)(C1=CCCC=C1)c1ccccc1. The van der Waals surface area contributed by atoms with E-state index in [0.29, 0.717) is 11.3 Å². The van der Waals surface area contributed by atoms with Gasteiger partial charge >= 0.3 is 0 Å². The van der Waals surface area contributed by atoms with Crippen LogP contribution < -0.4 is 0 Å². The van der Waals surface area contributed by atoms with Crippen LogP contribution in [0.3, 0.4) is 0 Å². The van der Waals surface area contributed by atoms with Gasteiger partial charge in [0.2, 0.25) is 0 Å². The predicted molar refractivity (Wildman–Crippen MR) is 159 cm³/mol. The fraction of sp³-hybridized carbons (Fsp3) is 0.273. The smallest absolute Gasteiger partial charge is 0.136 e. The third-order valence-corrected chi connectivity index (χ3v) is 6.31. The van der Waals surface area contributed by atoms with Crippen LogP contribution in [0.15, 0.2) is 125 Å². The van der Waals surface area contributed by atoms with Crippen molar-refractivity contribution in [3.05, 3.63) is 121 Å². The van der Waals surface area contributed by atoms with Crippen LogP contribution in [0.1, 0.15) is 46.1 Å². The van der Waals surface area contributed by atoms with Crippen molar-refractivity contribution in [2.24, 2.45) is 21.3 Å². The maximum atomic E-state index is 9.37. The van der Waals surface area contributed by atoms with Gasteiger partial charge in [0.05, 0.1) is 17.2 Å². The molecule has 0 spiro atoms. The Morgan fingerprint density at radius 2 is 1.84 bits per heavy atom. The summed E-state index contributed by atoms with van der Waals surface area (Å²) >= 11 is 0. The number of rotatable bonds is 12. The lowest BCUT2D eigenvalue weighted by atomic mass is 9.74. The Kier molecular flexibility index (Phi) is 10.5. The highest BCUT2D eigenvalue weighted by atomic mass is 14.9.